The first-order valence-corrected chi connectivity index (χ1v) is 9.71. The molecule has 2 aromatic rings. The molecule has 0 fully saturated rings. The molecule has 7 heteroatoms. The summed E-state index contributed by atoms with van der Waals surface area (Å²) in [6, 6.07) is 7.89. The summed E-state index contributed by atoms with van der Waals surface area (Å²) in [6.07, 6.45) is 2.96. The van der Waals surface area contributed by atoms with E-state index in [-0.39, 0.29) is 18.0 Å². The summed E-state index contributed by atoms with van der Waals surface area (Å²) in [4.78, 5) is 21.1. The number of Topliss-reactive ketones (excluding diaryl/α,β-unsaturated/α-hetero) is 1. The normalized spacial score (nSPS) is 19.9. The van der Waals surface area contributed by atoms with Crippen molar-refractivity contribution in [3.63, 3.8) is 0 Å². The molecule has 1 aromatic carbocycles. The molecule has 0 saturated heterocycles. The monoisotopic (exact) mass is 391 g/mol. The van der Waals surface area contributed by atoms with E-state index in [4.69, 9.17) is 17.3 Å². The Morgan fingerprint density at radius 2 is 2.19 bits per heavy atom. The number of nitrogens with zero attached hydrogens (tertiary/aromatic N) is 2. The fourth-order valence-corrected chi connectivity index (χ4v) is 4.18. The first kappa shape index (κ1) is 18.9. The number of aromatic nitrogens is 1. The Morgan fingerprint density at radius 3 is 2.88 bits per heavy atom. The second kappa shape index (κ2) is 7.76. The topological polar surface area (TPSA) is 68.3 Å². The van der Waals surface area contributed by atoms with Gasteiger partial charge in [0, 0.05) is 29.0 Å². The van der Waals surface area contributed by atoms with Gasteiger partial charge in [-0.15, -0.1) is 0 Å². The van der Waals surface area contributed by atoms with Crippen LogP contribution in [0.3, 0.4) is 0 Å². The third kappa shape index (κ3) is 3.91. The highest BCUT2D eigenvalue weighted by atomic mass is 35.5. The molecule has 26 heavy (non-hydrogen) atoms. The largest absolute Gasteiger partial charge is 0.379 e. The number of benzene rings is 1. The lowest BCUT2D eigenvalue weighted by molar-refractivity contribution is 0.0988. The molecular weight excluding hydrogens is 373 g/mol. The lowest BCUT2D eigenvalue weighted by atomic mass is 9.83. The zero-order valence-corrected chi connectivity index (χ0v) is 15.9. The van der Waals surface area contributed by atoms with Gasteiger partial charge in [0.1, 0.15) is 11.5 Å². The van der Waals surface area contributed by atoms with E-state index in [0.29, 0.717) is 39.9 Å². The highest BCUT2D eigenvalue weighted by Gasteiger charge is 2.35. The summed E-state index contributed by atoms with van der Waals surface area (Å²) in [5.41, 5.74) is 6.73. The van der Waals surface area contributed by atoms with Gasteiger partial charge in [0.25, 0.3) is 0 Å². The van der Waals surface area contributed by atoms with Crippen molar-refractivity contribution in [1.82, 2.24) is 4.98 Å². The Bertz CT molecular complexity index is 874. The van der Waals surface area contributed by atoms with Gasteiger partial charge in [-0.3, -0.25) is 14.8 Å². The van der Waals surface area contributed by atoms with Gasteiger partial charge >= 0.3 is 0 Å². The van der Waals surface area contributed by atoms with Gasteiger partial charge in [-0.2, -0.15) is 0 Å². The lowest BCUT2D eigenvalue weighted by Gasteiger charge is -2.33. The molecule has 1 aromatic heterocycles. The first-order chi connectivity index (χ1) is 12.4. The summed E-state index contributed by atoms with van der Waals surface area (Å²) < 4.78 is 14.6. The molecule has 0 spiro atoms. The molecule has 4 nitrogen and oxygen atoms in total. The van der Waals surface area contributed by atoms with Crippen molar-refractivity contribution < 1.29 is 9.18 Å². The average Bonchev–Trinajstić information content (AvgIpc) is 2.63. The number of carbonyl (C=O) groups is 1. The Kier molecular flexibility index (Phi) is 5.63. The summed E-state index contributed by atoms with van der Waals surface area (Å²) in [5.74, 6) is 0.295. The number of nitrogens with two attached hydrogens (primary N) is 1. The summed E-state index contributed by atoms with van der Waals surface area (Å²) in [6.45, 7) is 1.97. The zero-order valence-electron chi connectivity index (χ0n) is 14.3. The number of hydrogen-bond donors (Lipinski definition) is 1. The van der Waals surface area contributed by atoms with Crippen LogP contribution in [0.5, 0.6) is 0 Å². The van der Waals surface area contributed by atoms with Crippen molar-refractivity contribution in [3.8, 4) is 0 Å². The highest BCUT2D eigenvalue weighted by molar-refractivity contribution is 8.13. The van der Waals surface area contributed by atoms with Crippen LogP contribution in [0.4, 0.5) is 4.39 Å². The molecule has 0 amide bonds. The van der Waals surface area contributed by atoms with Gasteiger partial charge in [-0.25, -0.2) is 4.39 Å². The van der Waals surface area contributed by atoms with Gasteiger partial charge in [-0.05, 0) is 42.7 Å². The number of carbonyl (C=O) groups excluding carboxylic acids is 1. The molecule has 1 atom stereocenters. The standard InChI is InChI=1S/C19H19ClFN3OS/c1-2-19(6-8-26-18(22)24-19)14-9-12(3-4-15(14)21)10-17(25)16-11-13(20)5-7-23-16/h3-5,7,9,11H,2,6,8,10H2,1H3,(H2,22,24)/t19-/m0/s1. The maximum absolute atomic E-state index is 14.6. The molecule has 0 bridgehead atoms. The molecule has 3 rings (SSSR count). The quantitative estimate of drug-likeness (QED) is 0.769. The molecule has 0 aliphatic carbocycles. The average molecular weight is 392 g/mol. The second-order valence-electron chi connectivity index (χ2n) is 6.21. The fraction of sp³-hybridized carbons (Fsp3) is 0.316. The minimum Gasteiger partial charge on any atom is -0.379 e. The lowest BCUT2D eigenvalue weighted by Crippen LogP contribution is -2.32. The minimum atomic E-state index is -0.674. The third-order valence-corrected chi connectivity index (χ3v) is 5.61. The number of thioether (sulfide) groups is 1. The van der Waals surface area contributed by atoms with E-state index in [9.17, 15) is 9.18 Å². The number of rotatable bonds is 5. The Balaban J connectivity index is 1.93. The highest BCUT2D eigenvalue weighted by Crippen LogP contribution is 2.40. The van der Waals surface area contributed by atoms with E-state index >= 15 is 0 Å². The van der Waals surface area contributed by atoms with Gasteiger partial charge < -0.3 is 5.73 Å². The van der Waals surface area contributed by atoms with Crippen molar-refractivity contribution in [2.24, 2.45) is 10.7 Å². The van der Waals surface area contributed by atoms with Crippen molar-refractivity contribution in [1.29, 1.82) is 0 Å². The third-order valence-electron chi connectivity index (χ3n) is 4.58. The Labute approximate surface area is 161 Å². The van der Waals surface area contributed by atoms with Crippen LogP contribution in [-0.4, -0.2) is 21.7 Å². The maximum atomic E-state index is 14.6. The summed E-state index contributed by atoms with van der Waals surface area (Å²) in [5, 5.41) is 0.930. The SMILES string of the molecule is CC[C@@]1(c2cc(CC(=O)c3cc(Cl)ccn3)ccc2F)CCSC(N)=N1. The molecular formula is C19H19ClFN3OS. The number of pyridine rings is 1. The van der Waals surface area contributed by atoms with Crippen LogP contribution in [0, 0.1) is 5.82 Å². The summed E-state index contributed by atoms with van der Waals surface area (Å²) >= 11 is 7.40. The Morgan fingerprint density at radius 1 is 1.38 bits per heavy atom. The van der Waals surface area contributed by atoms with Gasteiger partial charge in [-0.1, -0.05) is 36.4 Å². The van der Waals surface area contributed by atoms with E-state index in [1.807, 2.05) is 6.92 Å². The van der Waals surface area contributed by atoms with Crippen LogP contribution >= 0.6 is 23.4 Å². The maximum Gasteiger partial charge on any atom is 0.185 e. The van der Waals surface area contributed by atoms with Crippen molar-refractivity contribution in [3.05, 3.63) is 64.2 Å². The zero-order chi connectivity index (χ0) is 18.7. The molecule has 0 radical (unpaired) electrons. The summed E-state index contributed by atoms with van der Waals surface area (Å²) in [7, 11) is 0. The molecule has 2 heterocycles. The fourth-order valence-electron chi connectivity index (χ4n) is 3.14. The Hall–Kier alpha value is -1.92. The molecule has 0 unspecified atom stereocenters. The molecule has 136 valence electrons. The number of amidine groups is 1. The van der Waals surface area contributed by atoms with Crippen LogP contribution in [0.25, 0.3) is 0 Å². The van der Waals surface area contributed by atoms with Crippen LogP contribution in [0.2, 0.25) is 5.02 Å². The molecule has 2 N–H and O–H groups in total. The van der Waals surface area contributed by atoms with Crippen molar-refractivity contribution in [2.75, 3.05) is 5.75 Å². The number of hydrogen-bond acceptors (Lipinski definition) is 5. The predicted molar refractivity (Wildman–Crippen MR) is 104 cm³/mol. The van der Waals surface area contributed by atoms with E-state index in [1.165, 1.54) is 30.1 Å². The molecule has 1 aliphatic heterocycles. The van der Waals surface area contributed by atoms with Crippen LogP contribution in [0.1, 0.15) is 41.4 Å². The van der Waals surface area contributed by atoms with E-state index < -0.39 is 5.54 Å². The smallest absolute Gasteiger partial charge is 0.185 e. The predicted octanol–water partition coefficient (Wildman–Crippen LogP) is 4.36. The minimum absolute atomic E-state index is 0.119. The van der Waals surface area contributed by atoms with Crippen molar-refractivity contribution >= 4 is 34.3 Å². The van der Waals surface area contributed by atoms with E-state index in [0.717, 1.165) is 5.75 Å². The second-order valence-corrected chi connectivity index (χ2v) is 7.76. The van der Waals surface area contributed by atoms with E-state index in [1.54, 1.807) is 18.2 Å². The van der Waals surface area contributed by atoms with Crippen LogP contribution < -0.4 is 5.73 Å². The number of halogens is 2. The first-order valence-electron chi connectivity index (χ1n) is 8.35. The van der Waals surface area contributed by atoms with Crippen molar-refractivity contribution in [2.45, 2.75) is 31.7 Å². The van der Waals surface area contributed by atoms with Crippen LogP contribution in [-0.2, 0) is 12.0 Å². The van der Waals surface area contributed by atoms with Gasteiger partial charge in [0.15, 0.2) is 11.0 Å². The molecule has 0 saturated carbocycles. The van der Waals surface area contributed by atoms with Crippen LogP contribution in [0.15, 0.2) is 41.5 Å². The van der Waals surface area contributed by atoms with Gasteiger partial charge in [0.2, 0.25) is 0 Å². The number of ketones is 1. The number of aliphatic imine (C=N–C) groups is 1. The van der Waals surface area contributed by atoms with Gasteiger partial charge in [0.05, 0.1) is 5.54 Å². The van der Waals surface area contributed by atoms with E-state index in [2.05, 4.69) is 9.98 Å². The molecule has 1 aliphatic rings.